The summed E-state index contributed by atoms with van der Waals surface area (Å²) in [5.41, 5.74) is 4.55. The molecule has 0 saturated carbocycles. The van der Waals surface area contributed by atoms with Crippen molar-refractivity contribution in [3.8, 4) is 0 Å². The van der Waals surface area contributed by atoms with Gasteiger partial charge in [-0.15, -0.1) is 0 Å². The van der Waals surface area contributed by atoms with E-state index < -0.39 is 23.2 Å². The van der Waals surface area contributed by atoms with Crippen LogP contribution in [0.4, 0.5) is 5.95 Å². The molecule has 4 atom stereocenters. The maximum Gasteiger partial charge on any atom is 0.354 e. The smallest absolute Gasteiger partial charge is 0.354 e. The van der Waals surface area contributed by atoms with E-state index in [1.807, 2.05) is 0 Å². The van der Waals surface area contributed by atoms with Crippen LogP contribution in [0.2, 0.25) is 5.54 Å². The molecule has 18 heavy (non-hydrogen) atoms. The fraction of sp³-hybridized carbons (Fsp3) is 0.625. The van der Waals surface area contributed by atoms with Crippen molar-refractivity contribution < 1.29 is 14.9 Å². The van der Waals surface area contributed by atoms with Crippen molar-refractivity contribution in [1.82, 2.24) is 14.5 Å². The number of hydrogen-bond donors (Lipinski definition) is 3. The number of nitrogens with zero attached hydrogens (tertiary/aromatic N) is 3. The molecule has 0 bridgehead atoms. The third kappa shape index (κ3) is 2.01. The van der Waals surface area contributed by atoms with Crippen molar-refractivity contribution in [3.63, 3.8) is 0 Å². The van der Waals surface area contributed by atoms with Crippen molar-refractivity contribution in [3.05, 3.63) is 16.8 Å². The van der Waals surface area contributed by atoms with Gasteiger partial charge in [-0.05, 0) is 0 Å². The van der Waals surface area contributed by atoms with E-state index in [0.29, 0.717) is 20.5 Å². The Hall–Kier alpha value is -1.08. The fourth-order valence-corrected chi connectivity index (χ4v) is 3.52. The highest BCUT2D eigenvalue weighted by atomic mass is 28.2. The van der Waals surface area contributed by atoms with E-state index in [2.05, 4.69) is 9.97 Å². The first-order valence-electron chi connectivity index (χ1n) is 5.57. The molecule has 8 nitrogen and oxygen atoms in total. The molecule has 0 aliphatic carbocycles. The van der Waals surface area contributed by atoms with Gasteiger partial charge in [0.25, 0.3) is 0 Å². The second kappa shape index (κ2) is 4.55. The highest BCUT2D eigenvalue weighted by Gasteiger charge is 2.50. The average molecular weight is 288 g/mol. The van der Waals surface area contributed by atoms with Gasteiger partial charge in [0, 0.05) is 26.0 Å². The van der Waals surface area contributed by atoms with Crippen molar-refractivity contribution in [1.29, 1.82) is 0 Å². The number of rotatable bonds is 2. The predicted molar refractivity (Wildman–Crippen MR) is 70.3 cm³/mol. The Morgan fingerprint density at radius 2 is 2.33 bits per heavy atom. The Kier molecular flexibility index (Phi) is 3.38. The first-order valence-corrected chi connectivity index (χ1v) is 7.72. The molecule has 0 spiro atoms. The SMILES string of the molecule is Nc1ncn([C@@H]2O[C@H](CO)[C@](O)([SiH3])[C@H]2[SiH3])c(=O)n1. The van der Waals surface area contributed by atoms with Crippen LogP contribution in [0.15, 0.2) is 11.1 Å². The Labute approximate surface area is 109 Å². The van der Waals surface area contributed by atoms with Crippen molar-refractivity contribution in [2.75, 3.05) is 12.3 Å². The molecule has 0 amide bonds. The first-order chi connectivity index (χ1) is 8.37. The Balaban J connectivity index is 2.38. The minimum atomic E-state index is -1.04. The van der Waals surface area contributed by atoms with Gasteiger partial charge in [-0.25, -0.2) is 9.78 Å². The highest BCUT2D eigenvalue weighted by Crippen LogP contribution is 2.41. The molecule has 0 unspecified atom stereocenters. The molecule has 0 radical (unpaired) electrons. The molecule has 1 aromatic heterocycles. The molecule has 1 aliphatic rings. The number of hydrogen-bond acceptors (Lipinski definition) is 7. The third-order valence-electron chi connectivity index (χ3n) is 3.49. The lowest BCUT2D eigenvalue weighted by Crippen LogP contribution is -2.44. The summed E-state index contributed by atoms with van der Waals surface area (Å²) in [4.78, 5) is 19.0. The number of aliphatic hydroxyl groups excluding tert-OH is 1. The second-order valence-corrected chi connectivity index (χ2v) is 7.46. The summed E-state index contributed by atoms with van der Waals surface area (Å²) in [5, 5.41) is 18.5. The summed E-state index contributed by atoms with van der Waals surface area (Å²) in [6.45, 7) is -0.278. The lowest BCUT2D eigenvalue weighted by Gasteiger charge is -2.26. The zero-order valence-electron chi connectivity index (χ0n) is 10.1. The van der Waals surface area contributed by atoms with Crippen LogP contribution in [0.3, 0.4) is 0 Å². The van der Waals surface area contributed by atoms with E-state index >= 15 is 0 Å². The van der Waals surface area contributed by atoms with Gasteiger partial charge in [0.15, 0.2) is 0 Å². The molecule has 1 aliphatic heterocycles. The molecule has 1 fully saturated rings. The summed E-state index contributed by atoms with van der Waals surface area (Å²) in [6, 6.07) is 0. The van der Waals surface area contributed by atoms with Crippen LogP contribution in [-0.2, 0) is 4.74 Å². The quantitative estimate of drug-likeness (QED) is 0.467. The van der Waals surface area contributed by atoms with Crippen molar-refractivity contribution in [2.24, 2.45) is 0 Å². The van der Waals surface area contributed by atoms with Crippen LogP contribution in [0.5, 0.6) is 0 Å². The van der Waals surface area contributed by atoms with Crippen LogP contribution in [0.25, 0.3) is 0 Å². The first kappa shape index (κ1) is 13.4. The molecule has 2 heterocycles. The fourth-order valence-electron chi connectivity index (χ4n) is 2.07. The summed E-state index contributed by atoms with van der Waals surface area (Å²) in [5.74, 6) is -0.0982. The van der Waals surface area contributed by atoms with Gasteiger partial charge in [0.2, 0.25) is 5.95 Å². The summed E-state index contributed by atoms with van der Waals surface area (Å²) in [7, 11) is 1.07. The van der Waals surface area contributed by atoms with Gasteiger partial charge < -0.3 is 20.7 Å². The van der Waals surface area contributed by atoms with Gasteiger partial charge in [-0.3, -0.25) is 4.57 Å². The maximum absolute atomic E-state index is 11.7. The van der Waals surface area contributed by atoms with E-state index in [0.717, 1.165) is 0 Å². The molecule has 1 aromatic rings. The minimum absolute atomic E-state index is 0.0982. The molecule has 4 N–H and O–H groups in total. The second-order valence-electron chi connectivity index (χ2n) is 4.62. The Morgan fingerprint density at radius 1 is 1.67 bits per heavy atom. The van der Waals surface area contributed by atoms with Crippen LogP contribution in [0.1, 0.15) is 6.23 Å². The van der Waals surface area contributed by atoms with Crippen LogP contribution < -0.4 is 11.4 Å². The van der Waals surface area contributed by atoms with Crippen LogP contribution in [0, 0.1) is 0 Å². The summed E-state index contributed by atoms with van der Waals surface area (Å²) < 4.78 is 6.77. The molecule has 100 valence electrons. The summed E-state index contributed by atoms with van der Waals surface area (Å²) >= 11 is 0. The maximum atomic E-state index is 11.7. The largest absolute Gasteiger partial charge is 0.394 e. The van der Waals surface area contributed by atoms with E-state index in [4.69, 9.17) is 10.5 Å². The van der Waals surface area contributed by atoms with Crippen molar-refractivity contribution in [2.45, 2.75) is 23.1 Å². The van der Waals surface area contributed by atoms with Gasteiger partial charge in [-0.2, -0.15) is 4.98 Å². The van der Waals surface area contributed by atoms with Gasteiger partial charge in [0.05, 0.1) is 11.8 Å². The highest BCUT2D eigenvalue weighted by molar-refractivity contribution is 6.24. The summed E-state index contributed by atoms with van der Waals surface area (Å²) in [6.07, 6.45) is -0.0389. The zero-order valence-corrected chi connectivity index (χ0v) is 14.1. The monoisotopic (exact) mass is 288 g/mol. The number of ether oxygens (including phenoxy) is 1. The Bertz CT molecular complexity index is 508. The number of nitrogen functional groups attached to an aromatic ring is 1. The van der Waals surface area contributed by atoms with E-state index in [9.17, 15) is 15.0 Å². The van der Waals surface area contributed by atoms with Gasteiger partial charge >= 0.3 is 5.69 Å². The third-order valence-corrected chi connectivity index (χ3v) is 7.94. The van der Waals surface area contributed by atoms with Crippen LogP contribution >= 0.6 is 0 Å². The van der Waals surface area contributed by atoms with Gasteiger partial charge in [-0.1, -0.05) is 0 Å². The lowest BCUT2D eigenvalue weighted by atomic mass is 10.1. The van der Waals surface area contributed by atoms with E-state index in [1.165, 1.54) is 10.9 Å². The standard InChI is InChI=1S/C8H16N4O4Si2/c9-6-10-2-12(7(14)11-6)5-4(17)8(15,18)3(1-13)16-5/h2-5,13,15H,1H2,17-18H3,(H2,9,11,14)/t3-,4+,5-,8+/m1/s1. The normalized spacial score (nSPS) is 36.2. The Morgan fingerprint density at radius 3 is 2.83 bits per heavy atom. The number of aromatic nitrogens is 3. The predicted octanol–water partition coefficient (Wildman–Crippen LogP) is -4.68. The molecular weight excluding hydrogens is 272 g/mol. The zero-order chi connectivity index (χ0) is 13.5. The molecule has 1 saturated heterocycles. The number of aliphatic hydroxyl groups is 2. The average Bonchev–Trinajstić information content (AvgIpc) is 2.52. The van der Waals surface area contributed by atoms with Gasteiger partial charge in [0.1, 0.15) is 18.7 Å². The number of nitrogens with two attached hydrogens (primary N) is 1. The molecule has 2 rings (SSSR count). The molecule has 10 heteroatoms. The lowest BCUT2D eigenvalue weighted by molar-refractivity contribution is -0.0560. The van der Waals surface area contributed by atoms with Crippen molar-refractivity contribution >= 4 is 26.4 Å². The van der Waals surface area contributed by atoms with E-state index in [1.54, 1.807) is 0 Å². The molecule has 0 aromatic carbocycles. The van der Waals surface area contributed by atoms with Crippen LogP contribution in [-0.4, -0.2) is 63.2 Å². The topological polar surface area (TPSA) is 123 Å². The minimum Gasteiger partial charge on any atom is -0.394 e. The molecular formula is C8H16N4O4Si2. The number of anilines is 1. The van der Waals surface area contributed by atoms with E-state index in [-0.39, 0.29) is 18.1 Å².